The van der Waals surface area contributed by atoms with E-state index in [1.54, 1.807) is 6.07 Å². The van der Waals surface area contributed by atoms with Crippen LogP contribution in [-0.2, 0) is 0 Å². The zero-order chi connectivity index (χ0) is 11.5. The lowest BCUT2D eigenvalue weighted by molar-refractivity contribution is 0.137. The fraction of sp³-hybridized carbons (Fsp3) is 0.500. The first-order chi connectivity index (χ1) is 7.66. The molecule has 1 saturated carbocycles. The number of benzene rings is 1. The molecular formula is C12H14F2OS. The topological polar surface area (TPSA) is 20.2 Å². The Bertz CT molecular complexity index is 370. The smallest absolute Gasteiger partial charge is 0.159 e. The first-order valence-corrected chi connectivity index (χ1v) is 6.34. The molecule has 0 spiro atoms. The Morgan fingerprint density at radius 3 is 2.56 bits per heavy atom. The number of hydrogen-bond donors (Lipinski definition) is 1. The Labute approximate surface area is 97.9 Å². The van der Waals surface area contributed by atoms with Gasteiger partial charge in [0.25, 0.3) is 0 Å². The van der Waals surface area contributed by atoms with E-state index >= 15 is 0 Å². The SMILES string of the molecule is O[C@@H]1CCCC[C@H]1Sc1ccc(F)c(F)c1. The van der Waals surface area contributed by atoms with Gasteiger partial charge in [-0.15, -0.1) is 11.8 Å². The monoisotopic (exact) mass is 244 g/mol. The zero-order valence-corrected chi connectivity index (χ0v) is 9.64. The molecule has 1 fully saturated rings. The average Bonchev–Trinajstić information content (AvgIpc) is 2.27. The van der Waals surface area contributed by atoms with Crippen LogP contribution in [0.4, 0.5) is 8.78 Å². The van der Waals surface area contributed by atoms with Crippen molar-refractivity contribution >= 4 is 11.8 Å². The van der Waals surface area contributed by atoms with Gasteiger partial charge >= 0.3 is 0 Å². The van der Waals surface area contributed by atoms with Crippen molar-refractivity contribution in [1.29, 1.82) is 0 Å². The summed E-state index contributed by atoms with van der Waals surface area (Å²) >= 11 is 1.44. The maximum Gasteiger partial charge on any atom is 0.159 e. The molecule has 0 aromatic heterocycles. The Morgan fingerprint density at radius 1 is 1.12 bits per heavy atom. The van der Waals surface area contributed by atoms with Gasteiger partial charge in [0.1, 0.15) is 0 Å². The van der Waals surface area contributed by atoms with Crippen molar-refractivity contribution in [2.24, 2.45) is 0 Å². The van der Waals surface area contributed by atoms with Crippen LogP contribution >= 0.6 is 11.8 Å². The molecule has 2 rings (SSSR count). The van der Waals surface area contributed by atoms with E-state index in [1.807, 2.05) is 0 Å². The predicted octanol–water partition coefficient (Wildman–Crippen LogP) is 3.36. The van der Waals surface area contributed by atoms with Gasteiger partial charge in [0.2, 0.25) is 0 Å². The first kappa shape index (κ1) is 11.9. The zero-order valence-electron chi connectivity index (χ0n) is 8.83. The Hall–Kier alpha value is -0.610. The third-order valence-electron chi connectivity index (χ3n) is 2.85. The fourth-order valence-electron chi connectivity index (χ4n) is 1.94. The van der Waals surface area contributed by atoms with E-state index in [4.69, 9.17) is 0 Å². The molecule has 0 saturated heterocycles. The summed E-state index contributed by atoms with van der Waals surface area (Å²) in [7, 11) is 0. The van der Waals surface area contributed by atoms with E-state index in [0.29, 0.717) is 4.90 Å². The number of thioether (sulfide) groups is 1. The fourth-order valence-corrected chi connectivity index (χ4v) is 3.19. The van der Waals surface area contributed by atoms with Crippen molar-refractivity contribution in [3.8, 4) is 0 Å². The second-order valence-electron chi connectivity index (χ2n) is 4.08. The highest BCUT2D eigenvalue weighted by Gasteiger charge is 2.24. The maximum atomic E-state index is 13.0. The van der Waals surface area contributed by atoms with E-state index < -0.39 is 11.6 Å². The van der Waals surface area contributed by atoms with Crippen LogP contribution in [-0.4, -0.2) is 16.5 Å². The van der Waals surface area contributed by atoms with Crippen molar-refractivity contribution in [2.45, 2.75) is 41.9 Å². The molecule has 1 N–H and O–H groups in total. The van der Waals surface area contributed by atoms with Gasteiger partial charge in [-0.25, -0.2) is 8.78 Å². The molecule has 0 aliphatic heterocycles. The number of aliphatic hydroxyl groups is 1. The largest absolute Gasteiger partial charge is 0.392 e. The summed E-state index contributed by atoms with van der Waals surface area (Å²) in [5, 5.41) is 9.88. The minimum absolute atomic E-state index is 0.110. The van der Waals surface area contributed by atoms with E-state index in [9.17, 15) is 13.9 Å². The van der Waals surface area contributed by atoms with E-state index in [-0.39, 0.29) is 11.4 Å². The third-order valence-corrected chi connectivity index (χ3v) is 4.22. The number of halogens is 2. The molecule has 0 bridgehead atoms. The molecule has 0 amide bonds. The molecule has 1 aliphatic carbocycles. The van der Waals surface area contributed by atoms with Crippen LogP contribution in [0, 0.1) is 11.6 Å². The number of rotatable bonds is 2. The highest BCUT2D eigenvalue weighted by molar-refractivity contribution is 8.00. The van der Waals surface area contributed by atoms with E-state index in [1.165, 1.54) is 17.8 Å². The average molecular weight is 244 g/mol. The van der Waals surface area contributed by atoms with Crippen molar-refractivity contribution < 1.29 is 13.9 Å². The summed E-state index contributed by atoms with van der Waals surface area (Å²) in [6.07, 6.45) is 3.56. The maximum absolute atomic E-state index is 13.0. The molecule has 16 heavy (non-hydrogen) atoms. The molecular weight excluding hydrogens is 230 g/mol. The van der Waals surface area contributed by atoms with Crippen molar-refractivity contribution in [3.05, 3.63) is 29.8 Å². The number of hydrogen-bond acceptors (Lipinski definition) is 2. The Kier molecular flexibility index (Phi) is 3.82. The van der Waals surface area contributed by atoms with Gasteiger partial charge in [0.05, 0.1) is 6.10 Å². The van der Waals surface area contributed by atoms with Gasteiger partial charge < -0.3 is 5.11 Å². The lowest BCUT2D eigenvalue weighted by Crippen LogP contribution is -2.26. The van der Waals surface area contributed by atoms with Crippen LogP contribution in [0.3, 0.4) is 0 Å². The van der Waals surface area contributed by atoms with E-state index in [2.05, 4.69) is 0 Å². The summed E-state index contributed by atoms with van der Waals surface area (Å²) in [6.45, 7) is 0. The molecule has 4 heteroatoms. The second kappa shape index (κ2) is 5.15. The summed E-state index contributed by atoms with van der Waals surface area (Å²) in [5.41, 5.74) is 0. The van der Waals surface area contributed by atoms with Gasteiger partial charge in [0, 0.05) is 10.1 Å². The molecule has 2 atom stereocenters. The van der Waals surface area contributed by atoms with Gasteiger partial charge in [-0.1, -0.05) is 12.8 Å². The van der Waals surface area contributed by atoms with Crippen molar-refractivity contribution in [3.63, 3.8) is 0 Å². The highest BCUT2D eigenvalue weighted by Crippen LogP contribution is 2.34. The molecule has 1 aromatic carbocycles. The van der Waals surface area contributed by atoms with Gasteiger partial charge in [-0.2, -0.15) is 0 Å². The lowest BCUT2D eigenvalue weighted by atomic mass is 9.97. The molecule has 0 heterocycles. The van der Waals surface area contributed by atoms with Crippen molar-refractivity contribution in [2.75, 3.05) is 0 Å². The first-order valence-electron chi connectivity index (χ1n) is 5.46. The third kappa shape index (κ3) is 2.74. The molecule has 1 aromatic rings. The van der Waals surface area contributed by atoms with Crippen LogP contribution in [0.5, 0.6) is 0 Å². The minimum atomic E-state index is -0.825. The normalized spacial score (nSPS) is 25.7. The number of aliphatic hydroxyl groups excluding tert-OH is 1. The van der Waals surface area contributed by atoms with Gasteiger partial charge in [-0.3, -0.25) is 0 Å². The summed E-state index contributed by atoms with van der Waals surface area (Å²) in [5.74, 6) is -1.65. The van der Waals surface area contributed by atoms with Crippen LogP contribution < -0.4 is 0 Å². The molecule has 0 unspecified atom stereocenters. The van der Waals surface area contributed by atoms with E-state index in [0.717, 1.165) is 31.7 Å². The summed E-state index contributed by atoms with van der Waals surface area (Å²) in [4.78, 5) is 0.685. The van der Waals surface area contributed by atoms with Gasteiger partial charge in [-0.05, 0) is 31.0 Å². The van der Waals surface area contributed by atoms with Crippen molar-refractivity contribution in [1.82, 2.24) is 0 Å². The summed E-state index contributed by atoms with van der Waals surface area (Å²) < 4.78 is 25.7. The quantitative estimate of drug-likeness (QED) is 0.860. The Morgan fingerprint density at radius 2 is 1.88 bits per heavy atom. The lowest BCUT2D eigenvalue weighted by Gasteiger charge is -2.26. The van der Waals surface area contributed by atoms with Crippen LogP contribution in [0.25, 0.3) is 0 Å². The van der Waals surface area contributed by atoms with Crippen LogP contribution in [0.2, 0.25) is 0 Å². The Balaban J connectivity index is 2.05. The molecule has 88 valence electrons. The molecule has 0 radical (unpaired) electrons. The molecule has 1 aliphatic rings. The van der Waals surface area contributed by atoms with Gasteiger partial charge in [0.15, 0.2) is 11.6 Å². The highest BCUT2D eigenvalue weighted by atomic mass is 32.2. The molecule has 1 nitrogen and oxygen atoms in total. The standard InChI is InChI=1S/C12H14F2OS/c13-9-6-5-8(7-10(9)14)16-12-4-2-1-3-11(12)15/h5-7,11-12,15H,1-4H2/t11-,12-/m1/s1. The van der Waals surface area contributed by atoms with Crippen LogP contribution in [0.15, 0.2) is 23.1 Å². The second-order valence-corrected chi connectivity index (χ2v) is 5.40. The summed E-state index contributed by atoms with van der Waals surface area (Å²) in [6, 6.07) is 3.89. The predicted molar refractivity (Wildman–Crippen MR) is 60.5 cm³/mol. The minimum Gasteiger partial charge on any atom is -0.392 e. The van der Waals surface area contributed by atoms with Crippen LogP contribution in [0.1, 0.15) is 25.7 Å².